The van der Waals surface area contributed by atoms with Gasteiger partial charge in [0.15, 0.2) is 0 Å². The van der Waals surface area contributed by atoms with Crippen molar-refractivity contribution in [2.24, 2.45) is 0 Å². The zero-order chi connectivity index (χ0) is 19.4. The standard InChI is InChI=1S/C21H20BrNO3S/c1-3-14(2)26-18-9-7-15(8-10-18)12-19-20(24)23(21(25)27-19)13-16-5-4-6-17(22)11-16/h4-12,14H,3,13H2,1-2H3/b19-12-/t14-/m0/s1. The molecule has 0 unspecified atom stereocenters. The molecule has 1 fully saturated rings. The Morgan fingerprint density at radius 2 is 1.93 bits per heavy atom. The van der Waals surface area contributed by atoms with Crippen LogP contribution in [-0.4, -0.2) is 22.2 Å². The molecule has 6 heteroatoms. The second-order valence-electron chi connectivity index (χ2n) is 6.30. The SMILES string of the molecule is CC[C@H](C)Oc1ccc(/C=C2\SC(=O)N(Cc3cccc(Br)c3)C2=O)cc1. The lowest BCUT2D eigenvalue weighted by Gasteiger charge is -2.13. The van der Waals surface area contributed by atoms with Crippen LogP contribution in [-0.2, 0) is 11.3 Å². The number of hydrogen-bond acceptors (Lipinski definition) is 4. The van der Waals surface area contributed by atoms with E-state index in [1.807, 2.05) is 55.5 Å². The number of carbonyl (C=O) groups excluding carboxylic acids is 2. The molecule has 140 valence electrons. The number of amides is 2. The molecule has 1 heterocycles. The molecule has 0 saturated carbocycles. The van der Waals surface area contributed by atoms with Crippen molar-refractivity contribution in [3.05, 3.63) is 69.0 Å². The average molecular weight is 446 g/mol. The molecule has 0 bridgehead atoms. The van der Waals surface area contributed by atoms with E-state index in [0.29, 0.717) is 4.91 Å². The van der Waals surface area contributed by atoms with Crippen molar-refractivity contribution < 1.29 is 14.3 Å². The van der Waals surface area contributed by atoms with E-state index in [1.165, 1.54) is 4.90 Å². The zero-order valence-corrected chi connectivity index (χ0v) is 17.5. The lowest BCUT2D eigenvalue weighted by atomic mass is 10.2. The summed E-state index contributed by atoms with van der Waals surface area (Å²) in [5.41, 5.74) is 1.76. The Morgan fingerprint density at radius 1 is 1.19 bits per heavy atom. The van der Waals surface area contributed by atoms with Gasteiger partial charge in [-0.3, -0.25) is 14.5 Å². The van der Waals surface area contributed by atoms with E-state index in [9.17, 15) is 9.59 Å². The summed E-state index contributed by atoms with van der Waals surface area (Å²) in [6.07, 6.45) is 2.84. The Labute approximate surface area is 171 Å². The van der Waals surface area contributed by atoms with Crippen LogP contribution >= 0.6 is 27.7 Å². The van der Waals surface area contributed by atoms with Gasteiger partial charge >= 0.3 is 0 Å². The van der Waals surface area contributed by atoms with Gasteiger partial charge in [0.2, 0.25) is 0 Å². The van der Waals surface area contributed by atoms with Gasteiger partial charge in [-0.25, -0.2) is 0 Å². The van der Waals surface area contributed by atoms with E-state index in [1.54, 1.807) is 6.08 Å². The molecule has 0 radical (unpaired) electrons. The molecule has 1 atom stereocenters. The molecule has 2 aromatic rings. The molecule has 1 aliphatic rings. The number of nitrogens with zero attached hydrogens (tertiary/aromatic N) is 1. The van der Waals surface area contributed by atoms with E-state index in [4.69, 9.17) is 4.74 Å². The van der Waals surface area contributed by atoms with Crippen LogP contribution in [0.1, 0.15) is 31.4 Å². The second-order valence-corrected chi connectivity index (χ2v) is 8.21. The molecular formula is C21H20BrNO3S. The van der Waals surface area contributed by atoms with Crippen molar-refractivity contribution >= 4 is 44.9 Å². The first-order valence-corrected chi connectivity index (χ1v) is 10.3. The molecule has 2 amide bonds. The summed E-state index contributed by atoms with van der Waals surface area (Å²) in [4.78, 5) is 26.6. The molecule has 2 aromatic carbocycles. The van der Waals surface area contributed by atoms with Crippen molar-refractivity contribution in [3.8, 4) is 5.75 Å². The predicted octanol–water partition coefficient (Wildman–Crippen LogP) is 5.86. The highest BCUT2D eigenvalue weighted by molar-refractivity contribution is 9.10. The van der Waals surface area contributed by atoms with Crippen molar-refractivity contribution in [2.45, 2.75) is 32.9 Å². The van der Waals surface area contributed by atoms with Crippen LogP contribution in [0.25, 0.3) is 6.08 Å². The van der Waals surface area contributed by atoms with Gasteiger partial charge in [0.1, 0.15) is 5.75 Å². The minimum atomic E-state index is -0.259. The minimum absolute atomic E-state index is 0.158. The predicted molar refractivity (Wildman–Crippen MR) is 112 cm³/mol. The normalized spacial score (nSPS) is 16.9. The fraction of sp³-hybridized carbons (Fsp3) is 0.238. The third kappa shape index (κ3) is 5.02. The number of carbonyl (C=O) groups is 2. The highest BCUT2D eigenvalue weighted by Crippen LogP contribution is 2.33. The summed E-state index contributed by atoms with van der Waals surface area (Å²) in [5.74, 6) is 0.536. The molecular weight excluding hydrogens is 426 g/mol. The molecule has 0 N–H and O–H groups in total. The minimum Gasteiger partial charge on any atom is -0.491 e. The summed E-state index contributed by atoms with van der Waals surface area (Å²) in [6.45, 7) is 4.36. The van der Waals surface area contributed by atoms with Gasteiger partial charge in [-0.05, 0) is 66.6 Å². The van der Waals surface area contributed by atoms with Gasteiger partial charge in [0.05, 0.1) is 17.6 Å². The molecule has 4 nitrogen and oxygen atoms in total. The smallest absolute Gasteiger partial charge is 0.293 e. The van der Waals surface area contributed by atoms with Crippen LogP contribution in [0.2, 0.25) is 0 Å². The second kappa shape index (κ2) is 8.76. The van der Waals surface area contributed by atoms with Gasteiger partial charge in [-0.15, -0.1) is 0 Å². The Morgan fingerprint density at radius 3 is 2.59 bits per heavy atom. The molecule has 27 heavy (non-hydrogen) atoms. The largest absolute Gasteiger partial charge is 0.491 e. The lowest BCUT2D eigenvalue weighted by molar-refractivity contribution is -0.123. The molecule has 1 aliphatic heterocycles. The van der Waals surface area contributed by atoms with Crippen LogP contribution < -0.4 is 4.74 Å². The maximum Gasteiger partial charge on any atom is 0.293 e. The number of hydrogen-bond donors (Lipinski definition) is 0. The number of halogens is 1. The quantitative estimate of drug-likeness (QED) is 0.522. The van der Waals surface area contributed by atoms with Crippen LogP contribution in [0.5, 0.6) is 5.75 Å². The van der Waals surface area contributed by atoms with Gasteiger partial charge in [0, 0.05) is 4.47 Å². The van der Waals surface area contributed by atoms with E-state index in [-0.39, 0.29) is 23.8 Å². The average Bonchev–Trinajstić information content (AvgIpc) is 2.91. The Hall–Kier alpha value is -2.05. The van der Waals surface area contributed by atoms with Crippen LogP contribution in [0, 0.1) is 0 Å². The first-order chi connectivity index (χ1) is 13.0. The first kappa shape index (κ1) is 19.7. The van der Waals surface area contributed by atoms with E-state index < -0.39 is 0 Å². The van der Waals surface area contributed by atoms with Gasteiger partial charge in [-0.1, -0.05) is 47.1 Å². The van der Waals surface area contributed by atoms with E-state index in [2.05, 4.69) is 22.9 Å². The third-order valence-corrected chi connectivity index (χ3v) is 5.59. The topological polar surface area (TPSA) is 46.6 Å². The molecule has 3 rings (SSSR count). The van der Waals surface area contributed by atoms with Gasteiger partial charge in [-0.2, -0.15) is 0 Å². The summed E-state index contributed by atoms with van der Waals surface area (Å²) < 4.78 is 6.68. The monoisotopic (exact) mass is 445 g/mol. The summed E-state index contributed by atoms with van der Waals surface area (Å²) in [6, 6.07) is 15.1. The van der Waals surface area contributed by atoms with Gasteiger partial charge < -0.3 is 4.74 Å². The third-order valence-electron chi connectivity index (χ3n) is 4.19. The fourth-order valence-corrected chi connectivity index (χ4v) is 3.85. The molecule has 0 aliphatic carbocycles. The van der Waals surface area contributed by atoms with E-state index in [0.717, 1.165) is 39.5 Å². The van der Waals surface area contributed by atoms with Gasteiger partial charge in [0.25, 0.3) is 11.1 Å². The molecule has 0 spiro atoms. The maximum atomic E-state index is 12.6. The number of benzene rings is 2. The maximum absolute atomic E-state index is 12.6. The number of ether oxygens (including phenoxy) is 1. The van der Waals surface area contributed by atoms with E-state index >= 15 is 0 Å². The summed E-state index contributed by atoms with van der Waals surface area (Å²) >= 11 is 4.38. The fourth-order valence-electron chi connectivity index (χ4n) is 2.56. The van der Waals surface area contributed by atoms with Crippen molar-refractivity contribution in [1.29, 1.82) is 0 Å². The highest BCUT2D eigenvalue weighted by atomic mass is 79.9. The first-order valence-electron chi connectivity index (χ1n) is 8.73. The highest BCUT2D eigenvalue weighted by Gasteiger charge is 2.34. The zero-order valence-electron chi connectivity index (χ0n) is 15.1. The van der Waals surface area contributed by atoms with Crippen molar-refractivity contribution in [3.63, 3.8) is 0 Å². The molecule has 1 saturated heterocycles. The van der Waals surface area contributed by atoms with Crippen molar-refractivity contribution in [2.75, 3.05) is 0 Å². The number of thioether (sulfide) groups is 1. The van der Waals surface area contributed by atoms with Crippen molar-refractivity contribution in [1.82, 2.24) is 4.90 Å². The number of imide groups is 1. The lowest BCUT2D eigenvalue weighted by Crippen LogP contribution is -2.27. The summed E-state index contributed by atoms with van der Waals surface area (Å²) in [7, 11) is 0. The van der Waals surface area contributed by atoms with Crippen LogP contribution in [0.15, 0.2) is 57.9 Å². The van der Waals surface area contributed by atoms with Crippen LogP contribution in [0.3, 0.4) is 0 Å². The summed E-state index contributed by atoms with van der Waals surface area (Å²) in [5, 5.41) is -0.247. The molecule has 0 aromatic heterocycles. The Kier molecular flexibility index (Phi) is 6.39. The Bertz CT molecular complexity index is 879. The van der Waals surface area contributed by atoms with Crippen LogP contribution in [0.4, 0.5) is 4.79 Å². The number of rotatable bonds is 6. The Balaban J connectivity index is 1.72.